The number of nitrogens with zero attached hydrogens (tertiary/aromatic N) is 2. The lowest BCUT2D eigenvalue weighted by atomic mass is 9.97. The number of hydrogen-bond donors (Lipinski definition) is 2. The van der Waals surface area contributed by atoms with E-state index in [1.807, 2.05) is 37.3 Å². The molecule has 25 heavy (non-hydrogen) atoms. The SMILES string of the molecule is Cc1c(-c2ccccc2)n[nH]c1C(=O)NC[C@@H]1CCCN(C(C)C)C1. The summed E-state index contributed by atoms with van der Waals surface area (Å²) in [5, 5.41) is 10.4. The normalized spacial score (nSPS) is 18.5. The highest BCUT2D eigenvalue weighted by Crippen LogP contribution is 2.23. The minimum absolute atomic E-state index is 0.0612. The molecule has 1 aliphatic heterocycles. The number of likely N-dealkylation sites (tertiary alicyclic amines) is 1. The van der Waals surface area contributed by atoms with Gasteiger partial charge in [-0.2, -0.15) is 5.10 Å². The van der Waals surface area contributed by atoms with Crippen LogP contribution < -0.4 is 5.32 Å². The van der Waals surface area contributed by atoms with Crippen molar-refractivity contribution < 1.29 is 4.79 Å². The highest BCUT2D eigenvalue weighted by molar-refractivity contribution is 5.95. The molecule has 2 N–H and O–H groups in total. The first kappa shape index (κ1) is 17.7. The van der Waals surface area contributed by atoms with Crippen molar-refractivity contribution in [3.05, 3.63) is 41.6 Å². The van der Waals surface area contributed by atoms with Gasteiger partial charge in [-0.1, -0.05) is 30.3 Å². The van der Waals surface area contributed by atoms with E-state index in [4.69, 9.17) is 0 Å². The quantitative estimate of drug-likeness (QED) is 0.878. The number of aromatic amines is 1. The van der Waals surface area contributed by atoms with Gasteiger partial charge in [-0.15, -0.1) is 0 Å². The van der Waals surface area contributed by atoms with Crippen molar-refractivity contribution in [2.75, 3.05) is 19.6 Å². The Hall–Kier alpha value is -2.14. The fourth-order valence-electron chi connectivity index (χ4n) is 3.55. The highest BCUT2D eigenvalue weighted by Gasteiger charge is 2.23. The van der Waals surface area contributed by atoms with E-state index in [2.05, 4.69) is 34.3 Å². The molecule has 0 aliphatic carbocycles. The molecule has 2 aromatic rings. The summed E-state index contributed by atoms with van der Waals surface area (Å²) < 4.78 is 0. The maximum atomic E-state index is 12.6. The summed E-state index contributed by atoms with van der Waals surface area (Å²) in [7, 11) is 0. The molecule has 1 saturated heterocycles. The molecule has 134 valence electrons. The summed E-state index contributed by atoms with van der Waals surface area (Å²) in [5.41, 5.74) is 3.33. The van der Waals surface area contributed by atoms with Gasteiger partial charge in [0.2, 0.25) is 0 Å². The average molecular weight is 340 g/mol. The molecule has 1 fully saturated rings. The Labute approximate surface area is 149 Å². The number of carbonyl (C=O) groups excluding carboxylic acids is 1. The predicted molar refractivity (Wildman–Crippen MR) is 101 cm³/mol. The highest BCUT2D eigenvalue weighted by atomic mass is 16.1. The van der Waals surface area contributed by atoms with E-state index in [1.54, 1.807) is 0 Å². The maximum Gasteiger partial charge on any atom is 0.269 e. The molecule has 3 rings (SSSR count). The number of hydrogen-bond acceptors (Lipinski definition) is 3. The van der Waals surface area contributed by atoms with Crippen LogP contribution in [0.15, 0.2) is 30.3 Å². The third-order valence-electron chi connectivity index (χ3n) is 5.12. The molecule has 1 aromatic carbocycles. The van der Waals surface area contributed by atoms with Crippen LogP contribution in [0.2, 0.25) is 0 Å². The van der Waals surface area contributed by atoms with Gasteiger partial charge >= 0.3 is 0 Å². The maximum absolute atomic E-state index is 12.6. The van der Waals surface area contributed by atoms with Crippen LogP contribution in [0.25, 0.3) is 11.3 Å². The van der Waals surface area contributed by atoms with Gasteiger partial charge in [0.15, 0.2) is 0 Å². The predicted octanol–water partition coefficient (Wildman–Crippen LogP) is 3.24. The van der Waals surface area contributed by atoms with Crippen molar-refractivity contribution in [3.63, 3.8) is 0 Å². The molecule has 5 heteroatoms. The molecule has 1 aliphatic rings. The molecule has 1 amide bonds. The zero-order chi connectivity index (χ0) is 17.8. The van der Waals surface area contributed by atoms with E-state index in [9.17, 15) is 4.79 Å². The zero-order valence-corrected chi connectivity index (χ0v) is 15.4. The molecule has 5 nitrogen and oxygen atoms in total. The molecule has 0 spiro atoms. The van der Waals surface area contributed by atoms with Crippen LogP contribution in [-0.4, -0.2) is 46.7 Å². The van der Waals surface area contributed by atoms with Crippen molar-refractivity contribution in [1.29, 1.82) is 0 Å². The van der Waals surface area contributed by atoms with E-state index in [-0.39, 0.29) is 5.91 Å². The third kappa shape index (κ3) is 4.10. The summed E-state index contributed by atoms with van der Waals surface area (Å²) in [6, 6.07) is 10.5. The molecule has 0 saturated carbocycles. The van der Waals surface area contributed by atoms with Crippen LogP contribution in [0, 0.1) is 12.8 Å². The number of H-pyrrole nitrogens is 1. The Kier molecular flexibility index (Phi) is 5.53. The van der Waals surface area contributed by atoms with Gasteiger partial charge in [-0.05, 0) is 46.1 Å². The molecule has 1 aromatic heterocycles. The van der Waals surface area contributed by atoms with E-state index >= 15 is 0 Å². The van der Waals surface area contributed by atoms with Crippen molar-refractivity contribution in [1.82, 2.24) is 20.4 Å². The Bertz CT molecular complexity index is 708. The lowest BCUT2D eigenvalue weighted by molar-refractivity contribution is 0.0917. The number of amides is 1. The van der Waals surface area contributed by atoms with Gasteiger partial charge in [-0.3, -0.25) is 9.89 Å². The Balaban J connectivity index is 1.62. The molecule has 0 radical (unpaired) electrons. The van der Waals surface area contributed by atoms with E-state index in [1.165, 1.54) is 19.4 Å². The molecule has 0 bridgehead atoms. The number of rotatable bonds is 5. The van der Waals surface area contributed by atoms with E-state index < -0.39 is 0 Å². The van der Waals surface area contributed by atoms with Crippen LogP contribution in [0.5, 0.6) is 0 Å². The second-order valence-corrected chi connectivity index (χ2v) is 7.25. The van der Waals surface area contributed by atoms with E-state index in [0.29, 0.717) is 17.7 Å². The Morgan fingerprint density at radius 2 is 2.12 bits per heavy atom. The van der Waals surface area contributed by atoms with Crippen LogP contribution in [-0.2, 0) is 0 Å². The number of carbonyl (C=O) groups is 1. The number of piperidine rings is 1. The summed E-state index contributed by atoms with van der Waals surface area (Å²) in [5.74, 6) is 0.464. The molecule has 1 atom stereocenters. The Morgan fingerprint density at radius 1 is 1.36 bits per heavy atom. The van der Waals surface area contributed by atoms with Crippen LogP contribution in [0.4, 0.5) is 0 Å². The molecular weight excluding hydrogens is 312 g/mol. The van der Waals surface area contributed by atoms with Gasteiger partial charge < -0.3 is 10.2 Å². The second kappa shape index (κ2) is 7.83. The first-order valence-corrected chi connectivity index (χ1v) is 9.19. The van der Waals surface area contributed by atoms with Crippen molar-refractivity contribution in [2.24, 2.45) is 5.92 Å². The minimum Gasteiger partial charge on any atom is -0.350 e. The largest absolute Gasteiger partial charge is 0.350 e. The molecular formula is C20H28N4O. The van der Waals surface area contributed by atoms with Gasteiger partial charge in [0, 0.05) is 30.3 Å². The van der Waals surface area contributed by atoms with Gasteiger partial charge in [0.25, 0.3) is 5.91 Å². The first-order valence-electron chi connectivity index (χ1n) is 9.19. The third-order valence-corrected chi connectivity index (χ3v) is 5.12. The Morgan fingerprint density at radius 3 is 2.84 bits per heavy atom. The smallest absolute Gasteiger partial charge is 0.269 e. The number of aromatic nitrogens is 2. The summed E-state index contributed by atoms with van der Waals surface area (Å²) in [6.07, 6.45) is 2.39. The van der Waals surface area contributed by atoms with Crippen molar-refractivity contribution >= 4 is 5.91 Å². The van der Waals surface area contributed by atoms with Crippen LogP contribution in [0.1, 0.15) is 42.7 Å². The number of nitrogens with one attached hydrogen (secondary N) is 2. The van der Waals surface area contributed by atoms with Crippen LogP contribution >= 0.6 is 0 Å². The summed E-state index contributed by atoms with van der Waals surface area (Å²) in [4.78, 5) is 15.1. The fraction of sp³-hybridized carbons (Fsp3) is 0.500. The fourth-order valence-corrected chi connectivity index (χ4v) is 3.55. The number of benzene rings is 1. The summed E-state index contributed by atoms with van der Waals surface area (Å²) >= 11 is 0. The molecule has 0 unspecified atom stereocenters. The van der Waals surface area contributed by atoms with Gasteiger partial charge in [0.05, 0.1) is 5.69 Å². The minimum atomic E-state index is -0.0612. The zero-order valence-electron chi connectivity index (χ0n) is 15.4. The lowest BCUT2D eigenvalue weighted by Gasteiger charge is -2.35. The van der Waals surface area contributed by atoms with E-state index in [0.717, 1.165) is 29.9 Å². The standard InChI is InChI=1S/C20H28N4O/c1-14(2)24-11-7-8-16(13-24)12-21-20(25)19-15(3)18(22-23-19)17-9-5-4-6-10-17/h4-6,9-10,14,16H,7-8,11-13H2,1-3H3,(H,21,25)(H,22,23)/t16-/m0/s1. The first-order chi connectivity index (χ1) is 12.1. The van der Waals surface area contributed by atoms with Gasteiger partial charge in [0.1, 0.15) is 5.69 Å². The average Bonchev–Trinajstić information content (AvgIpc) is 3.02. The van der Waals surface area contributed by atoms with Crippen molar-refractivity contribution in [2.45, 2.75) is 39.7 Å². The van der Waals surface area contributed by atoms with Crippen molar-refractivity contribution in [3.8, 4) is 11.3 Å². The second-order valence-electron chi connectivity index (χ2n) is 7.25. The van der Waals surface area contributed by atoms with Gasteiger partial charge in [-0.25, -0.2) is 0 Å². The lowest BCUT2D eigenvalue weighted by Crippen LogP contribution is -2.43. The molecule has 2 heterocycles. The summed E-state index contributed by atoms with van der Waals surface area (Å²) in [6.45, 7) is 9.38. The van der Waals surface area contributed by atoms with Crippen LogP contribution in [0.3, 0.4) is 0 Å². The topological polar surface area (TPSA) is 61.0 Å². The monoisotopic (exact) mass is 340 g/mol.